The summed E-state index contributed by atoms with van der Waals surface area (Å²) in [4.78, 5) is 38.8. The molecular formula is C30H32FN3O9S. The maximum Gasteiger partial charge on any atom is 0.266 e. The maximum atomic E-state index is 13.4. The number of carbonyl (C=O) groups excluding carboxylic acids is 3. The SMILES string of the molecule is O=C(CC(=O)NCc1ccc(N2C(=O)[C@H](CC[C@H](O)c3ccc(F)cc3)[C@H]2c2ccc(O)cc2O)cc1)NCCS(=O)(=O)O. The maximum absolute atomic E-state index is 13.4. The molecule has 0 saturated carbocycles. The Morgan fingerprint density at radius 1 is 0.955 bits per heavy atom. The highest BCUT2D eigenvalue weighted by Crippen LogP contribution is 2.49. The number of carbonyl (C=O) groups is 3. The van der Waals surface area contributed by atoms with Gasteiger partial charge in [0.05, 0.1) is 23.8 Å². The molecule has 3 amide bonds. The molecule has 0 aromatic heterocycles. The second-order valence-electron chi connectivity index (χ2n) is 10.4. The number of halogens is 1. The Morgan fingerprint density at radius 3 is 2.25 bits per heavy atom. The standard InChI is InChI=1S/C30H32FN3O9S/c31-20-5-3-19(4-6-20)25(36)12-11-24-29(23-10-9-22(35)15-26(23)37)34(30(24)40)21-7-1-18(2-8-21)17-33-28(39)16-27(38)32-13-14-44(41,42)43/h1-10,15,24-25,29,35-37H,11-14,16-17H2,(H,32,38)(H,33,39)(H,41,42,43)/t24-,25+,29-/m1/s1. The third kappa shape index (κ3) is 8.30. The van der Waals surface area contributed by atoms with Crippen LogP contribution in [0.15, 0.2) is 66.7 Å². The summed E-state index contributed by atoms with van der Waals surface area (Å²) >= 11 is 0. The van der Waals surface area contributed by atoms with Crippen molar-refractivity contribution in [2.24, 2.45) is 5.92 Å². The summed E-state index contributed by atoms with van der Waals surface area (Å²) in [7, 11) is -4.23. The molecule has 12 nitrogen and oxygen atoms in total. The molecule has 1 saturated heterocycles. The van der Waals surface area contributed by atoms with E-state index in [0.717, 1.165) is 0 Å². The average Bonchev–Trinajstić information content (AvgIpc) is 2.95. The number of hydrogen-bond acceptors (Lipinski definition) is 8. The summed E-state index contributed by atoms with van der Waals surface area (Å²) < 4.78 is 43.4. The van der Waals surface area contributed by atoms with Crippen molar-refractivity contribution in [3.8, 4) is 11.5 Å². The van der Waals surface area contributed by atoms with Crippen LogP contribution in [0.1, 0.15) is 48.1 Å². The third-order valence-corrected chi connectivity index (χ3v) is 7.98. The average molecular weight is 630 g/mol. The van der Waals surface area contributed by atoms with E-state index in [1.54, 1.807) is 24.3 Å². The van der Waals surface area contributed by atoms with Crippen molar-refractivity contribution in [2.45, 2.75) is 38.0 Å². The largest absolute Gasteiger partial charge is 0.508 e. The van der Waals surface area contributed by atoms with E-state index in [1.807, 2.05) is 0 Å². The van der Waals surface area contributed by atoms with Gasteiger partial charge in [-0.05, 0) is 60.4 Å². The van der Waals surface area contributed by atoms with Crippen LogP contribution in [0.4, 0.5) is 10.1 Å². The Balaban J connectivity index is 1.40. The van der Waals surface area contributed by atoms with Crippen molar-refractivity contribution in [3.63, 3.8) is 0 Å². The fourth-order valence-electron chi connectivity index (χ4n) is 5.01. The van der Waals surface area contributed by atoms with Crippen molar-refractivity contribution < 1.29 is 47.1 Å². The van der Waals surface area contributed by atoms with Crippen molar-refractivity contribution in [1.82, 2.24) is 10.6 Å². The molecule has 4 rings (SSSR count). The minimum Gasteiger partial charge on any atom is -0.508 e. The molecule has 3 aromatic rings. The van der Waals surface area contributed by atoms with Gasteiger partial charge in [-0.3, -0.25) is 18.9 Å². The number of β-lactam (4-membered cyclic amide) rings is 1. The second-order valence-corrected chi connectivity index (χ2v) is 12.0. The zero-order chi connectivity index (χ0) is 32.0. The topological polar surface area (TPSA) is 194 Å². The first-order valence-electron chi connectivity index (χ1n) is 13.7. The number of phenolic OH excluding ortho intramolecular Hbond substituents is 2. The Kier molecular flexibility index (Phi) is 10.2. The van der Waals surface area contributed by atoms with E-state index in [0.29, 0.717) is 22.4 Å². The first-order valence-corrected chi connectivity index (χ1v) is 15.3. The number of amides is 3. The number of nitrogens with zero attached hydrogens (tertiary/aromatic N) is 1. The Hall–Kier alpha value is -4.53. The summed E-state index contributed by atoms with van der Waals surface area (Å²) in [5.41, 5.74) is 2.09. The normalized spacial score (nSPS) is 17.1. The molecule has 0 aliphatic carbocycles. The summed E-state index contributed by atoms with van der Waals surface area (Å²) in [5, 5.41) is 35.8. The van der Waals surface area contributed by atoms with Gasteiger partial charge in [-0.15, -0.1) is 0 Å². The molecule has 14 heteroatoms. The monoisotopic (exact) mass is 629 g/mol. The highest BCUT2D eigenvalue weighted by atomic mass is 32.2. The lowest BCUT2D eigenvalue weighted by molar-refractivity contribution is -0.131. The zero-order valence-electron chi connectivity index (χ0n) is 23.4. The van der Waals surface area contributed by atoms with Gasteiger partial charge in [0.2, 0.25) is 17.7 Å². The number of anilines is 1. The van der Waals surface area contributed by atoms with Crippen molar-refractivity contribution >= 4 is 33.5 Å². The van der Waals surface area contributed by atoms with Gasteiger partial charge < -0.3 is 30.9 Å². The predicted octanol–water partition coefficient (Wildman–Crippen LogP) is 2.47. The van der Waals surface area contributed by atoms with Crippen LogP contribution in [0.3, 0.4) is 0 Å². The van der Waals surface area contributed by atoms with E-state index >= 15 is 0 Å². The minimum absolute atomic E-state index is 0.0669. The summed E-state index contributed by atoms with van der Waals surface area (Å²) in [6.07, 6.45) is -0.987. The number of hydrogen-bond donors (Lipinski definition) is 6. The number of phenols is 2. The van der Waals surface area contributed by atoms with Crippen LogP contribution < -0.4 is 15.5 Å². The van der Waals surface area contributed by atoms with Crippen molar-refractivity contribution in [1.29, 1.82) is 0 Å². The van der Waals surface area contributed by atoms with Gasteiger partial charge in [0.25, 0.3) is 10.1 Å². The number of rotatable bonds is 13. The quantitative estimate of drug-likeness (QED) is 0.0936. The van der Waals surface area contributed by atoms with Crippen molar-refractivity contribution in [3.05, 3.63) is 89.2 Å². The summed E-state index contributed by atoms with van der Waals surface area (Å²) in [6, 6.07) is 15.6. The van der Waals surface area contributed by atoms with E-state index in [4.69, 9.17) is 4.55 Å². The molecule has 0 unspecified atom stereocenters. The molecule has 1 fully saturated rings. The highest BCUT2D eigenvalue weighted by Gasteiger charge is 2.49. The van der Waals surface area contributed by atoms with Gasteiger partial charge in [-0.1, -0.05) is 24.3 Å². The van der Waals surface area contributed by atoms with Crippen LogP contribution >= 0.6 is 0 Å². The van der Waals surface area contributed by atoms with Gasteiger partial charge >= 0.3 is 0 Å². The van der Waals surface area contributed by atoms with Crippen LogP contribution in [0.5, 0.6) is 11.5 Å². The summed E-state index contributed by atoms with van der Waals surface area (Å²) in [5.74, 6) is -3.59. The molecule has 0 bridgehead atoms. The zero-order valence-corrected chi connectivity index (χ0v) is 24.2. The molecule has 0 radical (unpaired) electrons. The first kappa shape index (κ1) is 32.4. The highest BCUT2D eigenvalue weighted by molar-refractivity contribution is 7.85. The molecular weight excluding hydrogens is 597 g/mol. The third-order valence-electron chi connectivity index (χ3n) is 7.26. The van der Waals surface area contributed by atoms with E-state index in [1.165, 1.54) is 47.4 Å². The van der Waals surface area contributed by atoms with E-state index < -0.39 is 58.0 Å². The van der Waals surface area contributed by atoms with Gasteiger partial charge in [-0.2, -0.15) is 8.42 Å². The number of aliphatic hydroxyl groups is 1. The Bertz CT molecular complexity index is 1620. The Morgan fingerprint density at radius 2 is 1.61 bits per heavy atom. The fraction of sp³-hybridized carbons (Fsp3) is 0.300. The number of aromatic hydroxyl groups is 2. The smallest absolute Gasteiger partial charge is 0.266 e. The van der Waals surface area contributed by atoms with Gasteiger partial charge in [0.15, 0.2) is 0 Å². The number of nitrogens with one attached hydrogen (secondary N) is 2. The molecule has 44 heavy (non-hydrogen) atoms. The number of benzene rings is 3. The van der Waals surface area contributed by atoms with Gasteiger partial charge in [0, 0.05) is 30.4 Å². The van der Waals surface area contributed by atoms with Gasteiger partial charge in [0.1, 0.15) is 23.7 Å². The number of aliphatic hydroxyl groups excluding tert-OH is 1. The van der Waals surface area contributed by atoms with Crippen LogP contribution in [-0.2, 0) is 31.0 Å². The Labute approximate surface area is 252 Å². The van der Waals surface area contributed by atoms with Crippen LogP contribution in [0, 0.1) is 11.7 Å². The second kappa shape index (κ2) is 13.8. The van der Waals surface area contributed by atoms with Crippen molar-refractivity contribution in [2.75, 3.05) is 17.2 Å². The van der Waals surface area contributed by atoms with E-state index in [2.05, 4.69) is 10.6 Å². The van der Waals surface area contributed by atoms with Gasteiger partial charge in [-0.25, -0.2) is 4.39 Å². The first-order chi connectivity index (χ1) is 20.8. The molecule has 3 atom stereocenters. The molecule has 0 spiro atoms. The minimum atomic E-state index is -4.23. The fourth-order valence-corrected chi connectivity index (χ4v) is 5.37. The van der Waals surface area contributed by atoms with Crippen LogP contribution in [0.2, 0.25) is 0 Å². The summed E-state index contributed by atoms with van der Waals surface area (Å²) in [6.45, 7) is -0.266. The lowest BCUT2D eigenvalue weighted by atomic mass is 9.78. The molecule has 3 aromatic carbocycles. The molecule has 6 N–H and O–H groups in total. The lowest BCUT2D eigenvalue weighted by Crippen LogP contribution is -2.55. The van der Waals surface area contributed by atoms with Crippen LogP contribution in [-0.4, -0.2) is 58.3 Å². The lowest BCUT2D eigenvalue weighted by Gasteiger charge is -2.48. The van der Waals surface area contributed by atoms with E-state index in [-0.39, 0.29) is 43.3 Å². The molecule has 234 valence electrons. The van der Waals surface area contributed by atoms with Crippen LogP contribution in [0.25, 0.3) is 0 Å². The van der Waals surface area contributed by atoms with E-state index in [9.17, 15) is 42.5 Å². The molecule has 1 aliphatic heterocycles. The predicted molar refractivity (Wildman–Crippen MR) is 156 cm³/mol. The molecule has 1 aliphatic rings. The molecule has 1 heterocycles.